The highest BCUT2D eigenvalue weighted by Crippen LogP contribution is 2.38. The largest absolute Gasteiger partial charge is 0.481 e. The van der Waals surface area contributed by atoms with E-state index in [2.05, 4.69) is 39.5 Å². The Morgan fingerprint density at radius 3 is 2.47 bits per heavy atom. The van der Waals surface area contributed by atoms with Crippen LogP contribution in [-0.4, -0.2) is 44.8 Å². The summed E-state index contributed by atoms with van der Waals surface area (Å²) >= 11 is 2.91. The van der Waals surface area contributed by atoms with E-state index in [0.29, 0.717) is 28.9 Å². The Balaban J connectivity index is 1.39. The normalized spacial score (nSPS) is 25.6. The Kier molecular flexibility index (Phi) is 9.50. The molecule has 2 N–H and O–H groups in total. The van der Waals surface area contributed by atoms with Crippen LogP contribution < -0.4 is 5.32 Å². The van der Waals surface area contributed by atoms with Gasteiger partial charge in [-0.3, -0.25) is 10.1 Å². The zero-order valence-corrected chi connectivity index (χ0v) is 21.5. The van der Waals surface area contributed by atoms with E-state index in [9.17, 15) is 9.59 Å². The quantitative estimate of drug-likeness (QED) is 0.296. The maximum absolute atomic E-state index is 13.6. The van der Waals surface area contributed by atoms with Crippen LogP contribution in [0.15, 0.2) is 34.7 Å². The number of amides is 2. The number of rotatable bonds is 8. The molecule has 2 saturated carbocycles. The van der Waals surface area contributed by atoms with E-state index >= 15 is 0 Å². The molecule has 2 amide bonds. The van der Waals surface area contributed by atoms with Crippen molar-refractivity contribution in [3.05, 3.63) is 30.5 Å². The minimum absolute atomic E-state index is 0.00715. The fourth-order valence-electron chi connectivity index (χ4n) is 5.70. The number of anilines is 1. The number of urea groups is 1. The second kappa shape index (κ2) is 12.8. The van der Waals surface area contributed by atoms with E-state index in [4.69, 9.17) is 5.11 Å². The number of carbonyl (C=O) groups is 2. The van der Waals surface area contributed by atoms with Gasteiger partial charge in [0, 0.05) is 17.8 Å². The van der Waals surface area contributed by atoms with Gasteiger partial charge in [-0.05, 0) is 56.8 Å². The van der Waals surface area contributed by atoms with Crippen LogP contribution in [-0.2, 0) is 4.79 Å². The van der Waals surface area contributed by atoms with Crippen LogP contribution in [0.1, 0.15) is 77.0 Å². The summed E-state index contributed by atoms with van der Waals surface area (Å²) in [6.07, 6.45) is 23.6. The summed E-state index contributed by atoms with van der Waals surface area (Å²) in [5, 5.41) is 12.5. The lowest BCUT2D eigenvalue weighted by Crippen LogP contribution is -2.50. The summed E-state index contributed by atoms with van der Waals surface area (Å²) in [6, 6.07) is 0.602. The number of aromatic nitrogens is 1. The van der Waals surface area contributed by atoms with E-state index in [-0.39, 0.29) is 12.5 Å². The molecule has 6 nitrogen and oxygen atoms in total. The third-order valence-electron chi connectivity index (χ3n) is 7.47. The van der Waals surface area contributed by atoms with Gasteiger partial charge in [-0.2, -0.15) is 0 Å². The van der Waals surface area contributed by atoms with E-state index in [0.717, 1.165) is 42.2 Å². The van der Waals surface area contributed by atoms with Crippen molar-refractivity contribution in [3.8, 4) is 0 Å². The predicted octanol–water partition coefficient (Wildman–Crippen LogP) is 6.96. The standard InChI is InChI=1S/C26H37N3O3S2/c30-23(31)16-17-33-24-18-27-25(34-24)28-26(32)29(21-10-6-1-2-7-11-21)22-14-12-20(13-15-22)19-8-4-3-5-9-19/h3-5,8,18-22H,1-2,6-7,9-17H2,(H,30,31)(H,27,28,32). The first-order valence-electron chi connectivity index (χ1n) is 12.8. The lowest BCUT2D eigenvalue weighted by atomic mass is 9.75. The zero-order chi connectivity index (χ0) is 23.8. The third kappa shape index (κ3) is 7.11. The summed E-state index contributed by atoms with van der Waals surface area (Å²) in [6.45, 7) is 0. The first-order valence-corrected chi connectivity index (χ1v) is 14.6. The molecule has 34 heavy (non-hydrogen) atoms. The number of nitrogens with zero attached hydrogens (tertiary/aromatic N) is 2. The minimum atomic E-state index is -0.796. The van der Waals surface area contributed by atoms with Crippen molar-refractivity contribution >= 4 is 40.2 Å². The van der Waals surface area contributed by atoms with Gasteiger partial charge in [0.15, 0.2) is 5.13 Å². The van der Waals surface area contributed by atoms with Crippen molar-refractivity contribution in [2.24, 2.45) is 11.8 Å². The van der Waals surface area contributed by atoms with E-state index in [1.54, 1.807) is 6.20 Å². The lowest BCUT2D eigenvalue weighted by Gasteiger charge is -2.42. The molecule has 4 rings (SSSR count). The van der Waals surface area contributed by atoms with Gasteiger partial charge in [0.25, 0.3) is 0 Å². The van der Waals surface area contributed by atoms with Crippen molar-refractivity contribution in [2.45, 2.75) is 93.3 Å². The summed E-state index contributed by atoms with van der Waals surface area (Å²) in [7, 11) is 0. The molecule has 1 atom stereocenters. The van der Waals surface area contributed by atoms with Gasteiger partial charge in [-0.1, -0.05) is 61.3 Å². The van der Waals surface area contributed by atoms with Crippen molar-refractivity contribution in [3.63, 3.8) is 0 Å². The molecule has 0 spiro atoms. The highest BCUT2D eigenvalue weighted by molar-refractivity contribution is 8.01. The lowest BCUT2D eigenvalue weighted by molar-refractivity contribution is -0.136. The number of hydrogen-bond acceptors (Lipinski definition) is 5. The Bertz CT molecular complexity index is 868. The van der Waals surface area contributed by atoms with Crippen LogP contribution in [0, 0.1) is 11.8 Å². The van der Waals surface area contributed by atoms with Gasteiger partial charge in [-0.25, -0.2) is 9.78 Å². The molecule has 0 saturated heterocycles. The van der Waals surface area contributed by atoms with Crippen molar-refractivity contribution in [2.75, 3.05) is 11.1 Å². The van der Waals surface area contributed by atoms with Gasteiger partial charge in [-0.15, -0.1) is 11.8 Å². The van der Waals surface area contributed by atoms with Crippen LogP contribution in [0.5, 0.6) is 0 Å². The van der Waals surface area contributed by atoms with Gasteiger partial charge >= 0.3 is 12.0 Å². The molecule has 3 aliphatic rings. The molecule has 3 aliphatic carbocycles. The molecule has 0 bridgehead atoms. The number of aliphatic carboxylic acids is 1. The molecule has 0 radical (unpaired) electrons. The first-order chi connectivity index (χ1) is 16.6. The summed E-state index contributed by atoms with van der Waals surface area (Å²) in [5.41, 5.74) is 0. The van der Waals surface area contributed by atoms with Gasteiger partial charge in [0.05, 0.1) is 16.8 Å². The number of carbonyl (C=O) groups excluding carboxylic acids is 1. The van der Waals surface area contributed by atoms with Crippen LogP contribution in [0.4, 0.5) is 9.93 Å². The fraction of sp³-hybridized carbons (Fsp3) is 0.654. The third-order valence-corrected chi connectivity index (χ3v) is 9.57. The number of thiazole rings is 1. The average Bonchev–Trinajstić information content (AvgIpc) is 3.11. The Morgan fingerprint density at radius 2 is 1.79 bits per heavy atom. The SMILES string of the molecule is O=C(O)CCSc1cnc(NC(=O)N(C2CCCCCC2)C2CCC(C3C=CC=CC3)CC2)s1. The van der Waals surface area contributed by atoms with Gasteiger partial charge in [0.2, 0.25) is 0 Å². The van der Waals surface area contributed by atoms with Crippen molar-refractivity contribution < 1.29 is 14.7 Å². The van der Waals surface area contributed by atoms with E-state index in [1.165, 1.54) is 61.6 Å². The smallest absolute Gasteiger partial charge is 0.324 e. The van der Waals surface area contributed by atoms with E-state index in [1.807, 2.05) is 0 Å². The number of allylic oxidation sites excluding steroid dienone is 4. The molecule has 1 unspecified atom stereocenters. The first kappa shape index (κ1) is 25.3. The molecular formula is C26H37N3O3S2. The molecular weight excluding hydrogens is 466 g/mol. The average molecular weight is 504 g/mol. The minimum Gasteiger partial charge on any atom is -0.481 e. The number of hydrogen-bond donors (Lipinski definition) is 2. The van der Waals surface area contributed by atoms with Crippen molar-refractivity contribution in [1.82, 2.24) is 9.88 Å². The second-order valence-electron chi connectivity index (χ2n) is 9.74. The van der Waals surface area contributed by atoms with Crippen LogP contribution in [0.25, 0.3) is 0 Å². The molecule has 1 heterocycles. The van der Waals surface area contributed by atoms with Gasteiger partial charge in [0.1, 0.15) is 0 Å². The second-order valence-corrected chi connectivity index (χ2v) is 12.2. The van der Waals surface area contributed by atoms with Crippen LogP contribution in [0.3, 0.4) is 0 Å². The number of nitrogens with one attached hydrogen (secondary N) is 1. The Morgan fingerprint density at radius 1 is 1.06 bits per heavy atom. The predicted molar refractivity (Wildman–Crippen MR) is 140 cm³/mol. The zero-order valence-electron chi connectivity index (χ0n) is 19.9. The van der Waals surface area contributed by atoms with Crippen LogP contribution in [0.2, 0.25) is 0 Å². The summed E-state index contributed by atoms with van der Waals surface area (Å²) in [4.78, 5) is 30.9. The monoisotopic (exact) mass is 503 g/mol. The highest BCUT2D eigenvalue weighted by Gasteiger charge is 2.35. The van der Waals surface area contributed by atoms with E-state index < -0.39 is 5.97 Å². The summed E-state index contributed by atoms with van der Waals surface area (Å²) in [5.74, 6) is 1.09. The molecule has 186 valence electrons. The molecule has 1 aromatic heterocycles. The molecule has 0 aliphatic heterocycles. The topological polar surface area (TPSA) is 82.5 Å². The molecule has 8 heteroatoms. The Hall–Kier alpha value is -1.80. The fourth-order valence-corrected chi connectivity index (χ4v) is 7.57. The number of thioether (sulfide) groups is 1. The summed E-state index contributed by atoms with van der Waals surface area (Å²) < 4.78 is 0.938. The maximum Gasteiger partial charge on any atom is 0.324 e. The van der Waals surface area contributed by atoms with Gasteiger partial charge < -0.3 is 10.0 Å². The molecule has 0 aromatic carbocycles. The molecule has 2 fully saturated rings. The maximum atomic E-state index is 13.6. The highest BCUT2D eigenvalue weighted by atomic mass is 32.2. The van der Waals surface area contributed by atoms with Crippen LogP contribution >= 0.6 is 23.1 Å². The molecule has 1 aromatic rings. The number of carboxylic acid groups (broad SMARTS) is 1. The van der Waals surface area contributed by atoms with Crippen molar-refractivity contribution in [1.29, 1.82) is 0 Å². The number of carboxylic acids is 1. The Labute approximate surface area is 211 Å².